The van der Waals surface area contributed by atoms with Crippen LogP contribution in [-0.4, -0.2) is 13.1 Å². The van der Waals surface area contributed by atoms with Gasteiger partial charge in [-0.1, -0.05) is 24.3 Å². The van der Waals surface area contributed by atoms with Gasteiger partial charge < -0.3 is 11.1 Å². The van der Waals surface area contributed by atoms with Crippen LogP contribution in [0.2, 0.25) is 0 Å². The third-order valence-electron chi connectivity index (χ3n) is 2.83. The van der Waals surface area contributed by atoms with E-state index >= 15 is 0 Å². The highest BCUT2D eigenvalue weighted by molar-refractivity contribution is 5.29. The van der Waals surface area contributed by atoms with Gasteiger partial charge in [-0.2, -0.15) is 0 Å². The third kappa shape index (κ3) is 1.74. The first-order chi connectivity index (χ1) is 6.42. The van der Waals surface area contributed by atoms with Gasteiger partial charge in [-0.3, -0.25) is 0 Å². The normalized spacial score (nSPS) is 21.2. The van der Waals surface area contributed by atoms with E-state index in [0.29, 0.717) is 6.04 Å². The molecule has 70 valence electrons. The molecule has 1 aromatic carbocycles. The monoisotopic (exact) mass is 178 g/mol. The summed E-state index contributed by atoms with van der Waals surface area (Å²) in [4.78, 5) is 0. The van der Waals surface area contributed by atoms with Gasteiger partial charge in [-0.05, 0) is 5.56 Å². The van der Waals surface area contributed by atoms with Crippen molar-refractivity contribution in [3.8, 4) is 0 Å². The van der Waals surface area contributed by atoms with Crippen molar-refractivity contribution in [3.05, 3.63) is 35.4 Å². The van der Waals surface area contributed by atoms with E-state index in [0.717, 1.165) is 6.54 Å². The van der Waals surface area contributed by atoms with Gasteiger partial charge in [0.15, 0.2) is 0 Å². The van der Waals surface area contributed by atoms with Gasteiger partial charge in [-0.15, -0.1) is 0 Å². The van der Waals surface area contributed by atoms with E-state index in [1.807, 2.05) is 0 Å². The smallest absolute Gasteiger partial charge is 0.117 e. The number of quaternary nitrogens is 2. The number of nitrogens with two attached hydrogens (primary N) is 1. The molecule has 1 unspecified atom stereocenters. The molecule has 0 bridgehead atoms. The summed E-state index contributed by atoms with van der Waals surface area (Å²) >= 11 is 0. The first kappa shape index (κ1) is 8.73. The Labute approximate surface area is 79.1 Å². The first-order valence-corrected chi connectivity index (χ1v) is 5.12. The van der Waals surface area contributed by atoms with E-state index in [-0.39, 0.29) is 0 Å². The zero-order chi connectivity index (χ0) is 9.10. The number of hydrogen-bond donors (Lipinski definition) is 2. The zero-order valence-corrected chi connectivity index (χ0v) is 8.00. The Kier molecular flexibility index (Phi) is 2.62. The summed E-state index contributed by atoms with van der Waals surface area (Å²) in [6, 6.07) is 9.49. The number of benzene rings is 1. The second kappa shape index (κ2) is 3.90. The maximum Gasteiger partial charge on any atom is 0.117 e. The number of fused-ring (bicyclic) bond motifs is 1. The molecule has 5 N–H and O–H groups in total. The molecule has 1 atom stereocenters. The summed E-state index contributed by atoms with van der Waals surface area (Å²) in [7, 11) is 0. The van der Waals surface area contributed by atoms with E-state index in [2.05, 4.69) is 35.3 Å². The van der Waals surface area contributed by atoms with Crippen LogP contribution >= 0.6 is 0 Å². The van der Waals surface area contributed by atoms with Crippen LogP contribution in [0.15, 0.2) is 24.3 Å². The summed E-state index contributed by atoms with van der Waals surface area (Å²) < 4.78 is 0. The molecule has 13 heavy (non-hydrogen) atoms. The Morgan fingerprint density at radius 2 is 2.23 bits per heavy atom. The molecule has 1 aliphatic heterocycles. The quantitative estimate of drug-likeness (QED) is 0.612. The maximum atomic E-state index is 3.93. The Balaban J connectivity index is 2.26. The summed E-state index contributed by atoms with van der Waals surface area (Å²) in [5, 5.41) is 2.45. The lowest BCUT2D eigenvalue weighted by molar-refractivity contribution is -0.701. The Morgan fingerprint density at radius 1 is 1.38 bits per heavy atom. The predicted molar refractivity (Wildman–Crippen MR) is 52.1 cm³/mol. The zero-order valence-electron chi connectivity index (χ0n) is 8.00. The highest BCUT2D eigenvalue weighted by atomic mass is 14.9. The molecule has 0 saturated heterocycles. The van der Waals surface area contributed by atoms with Crippen molar-refractivity contribution in [3.63, 3.8) is 0 Å². The molecule has 0 saturated carbocycles. The fourth-order valence-electron chi connectivity index (χ4n) is 2.18. The van der Waals surface area contributed by atoms with Crippen LogP contribution in [0.4, 0.5) is 0 Å². The molecule has 0 aromatic heterocycles. The van der Waals surface area contributed by atoms with Crippen molar-refractivity contribution in [2.45, 2.75) is 18.9 Å². The second-order valence-electron chi connectivity index (χ2n) is 3.72. The van der Waals surface area contributed by atoms with Crippen molar-refractivity contribution in [1.29, 1.82) is 0 Å². The molecule has 0 fully saturated rings. The van der Waals surface area contributed by atoms with E-state index in [1.54, 1.807) is 5.56 Å². The number of rotatable bonds is 2. The summed E-state index contributed by atoms with van der Waals surface area (Å²) in [5.41, 5.74) is 7.02. The number of hydrogen-bond acceptors (Lipinski definition) is 0. The van der Waals surface area contributed by atoms with Crippen LogP contribution in [-0.2, 0) is 6.42 Å². The molecule has 1 aromatic rings. The van der Waals surface area contributed by atoms with Crippen LogP contribution in [0, 0.1) is 0 Å². The van der Waals surface area contributed by atoms with Gasteiger partial charge in [0.25, 0.3) is 0 Å². The molecular formula is C11H18N2+2. The van der Waals surface area contributed by atoms with E-state index in [9.17, 15) is 0 Å². The minimum Gasteiger partial charge on any atom is -0.357 e. The highest BCUT2D eigenvalue weighted by Gasteiger charge is 2.21. The fourth-order valence-corrected chi connectivity index (χ4v) is 2.18. The van der Waals surface area contributed by atoms with E-state index < -0.39 is 0 Å². The molecule has 1 heterocycles. The Bertz CT molecular complexity index is 283. The van der Waals surface area contributed by atoms with Gasteiger partial charge in [0.05, 0.1) is 19.5 Å². The topological polar surface area (TPSA) is 44.2 Å². The van der Waals surface area contributed by atoms with E-state index in [4.69, 9.17) is 0 Å². The molecule has 2 heteroatoms. The van der Waals surface area contributed by atoms with E-state index in [1.165, 1.54) is 24.9 Å². The molecule has 1 aliphatic rings. The van der Waals surface area contributed by atoms with Crippen molar-refractivity contribution >= 4 is 0 Å². The Morgan fingerprint density at radius 3 is 3.08 bits per heavy atom. The fraction of sp³-hybridized carbons (Fsp3) is 0.455. The third-order valence-corrected chi connectivity index (χ3v) is 2.83. The highest BCUT2D eigenvalue weighted by Crippen LogP contribution is 2.19. The lowest BCUT2D eigenvalue weighted by atomic mass is 9.93. The molecular weight excluding hydrogens is 160 g/mol. The van der Waals surface area contributed by atoms with Crippen molar-refractivity contribution in [1.82, 2.24) is 0 Å². The lowest BCUT2D eigenvalue weighted by Crippen LogP contribution is -2.87. The lowest BCUT2D eigenvalue weighted by Gasteiger charge is -2.22. The maximum absolute atomic E-state index is 3.93. The minimum absolute atomic E-state index is 0.669. The van der Waals surface area contributed by atoms with Gasteiger partial charge in [0.1, 0.15) is 6.04 Å². The molecule has 0 spiro atoms. The van der Waals surface area contributed by atoms with Gasteiger partial charge in [0, 0.05) is 12.0 Å². The predicted octanol–water partition coefficient (Wildman–Crippen LogP) is -0.521. The van der Waals surface area contributed by atoms with Gasteiger partial charge in [-0.25, -0.2) is 0 Å². The van der Waals surface area contributed by atoms with Crippen LogP contribution in [0.25, 0.3) is 0 Å². The summed E-state index contributed by atoms with van der Waals surface area (Å²) in [6.45, 7) is 2.27. The largest absolute Gasteiger partial charge is 0.357 e. The standard InChI is InChI=1S/C11H16N2/c12-7-5-11-10-4-2-1-3-9(10)6-8-13-11/h1-4,11,13H,5-8,12H2/p+2. The second-order valence-corrected chi connectivity index (χ2v) is 3.72. The molecule has 0 amide bonds. The average Bonchev–Trinajstić information content (AvgIpc) is 2.19. The van der Waals surface area contributed by atoms with Crippen molar-refractivity contribution in [2.75, 3.05) is 13.1 Å². The molecule has 0 aliphatic carbocycles. The average molecular weight is 178 g/mol. The van der Waals surface area contributed by atoms with Gasteiger partial charge in [0.2, 0.25) is 0 Å². The minimum atomic E-state index is 0.669. The summed E-state index contributed by atoms with van der Waals surface area (Å²) in [6.07, 6.45) is 2.43. The van der Waals surface area contributed by atoms with Gasteiger partial charge >= 0.3 is 0 Å². The van der Waals surface area contributed by atoms with Crippen LogP contribution in [0.3, 0.4) is 0 Å². The SMILES string of the molecule is [NH3+]CCC1[NH2+]CCc2ccccc21. The molecule has 0 radical (unpaired) electrons. The molecule has 2 nitrogen and oxygen atoms in total. The Hall–Kier alpha value is -0.860. The first-order valence-electron chi connectivity index (χ1n) is 5.12. The van der Waals surface area contributed by atoms with Crippen LogP contribution in [0.1, 0.15) is 23.6 Å². The van der Waals surface area contributed by atoms with Crippen molar-refractivity contribution in [2.24, 2.45) is 0 Å². The summed E-state index contributed by atoms with van der Waals surface area (Å²) in [5.74, 6) is 0. The van der Waals surface area contributed by atoms with Crippen LogP contribution < -0.4 is 11.1 Å². The molecule has 2 rings (SSSR count). The van der Waals surface area contributed by atoms with Crippen LogP contribution in [0.5, 0.6) is 0 Å². The van der Waals surface area contributed by atoms with Crippen molar-refractivity contribution < 1.29 is 11.1 Å².